The molecule has 0 heterocycles. The number of aliphatic hydroxyl groups is 2. The highest BCUT2D eigenvalue weighted by Gasteiger charge is 2.50. The first kappa shape index (κ1) is 26.2. The summed E-state index contributed by atoms with van der Waals surface area (Å²) >= 11 is 0. The average molecular weight is 459 g/mol. The summed E-state index contributed by atoms with van der Waals surface area (Å²) < 4.78 is 5.39. The van der Waals surface area contributed by atoms with Gasteiger partial charge in [0.05, 0.1) is 11.7 Å². The highest BCUT2D eigenvalue weighted by molar-refractivity contribution is 5.66. The van der Waals surface area contributed by atoms with Gasteiger partial charge in [-0.05, 0) is 75.5 Å². The van der Waals surface area contributed by atoms with Crippen LogP contribution in [-0.4, -0.2) is 34.0 Å². The molecular weight excluding hydrogens is 412 g/mol. The predicted octanol–water partition coefficient (Wildman–Crippen LogP) is 6.13. The van der Waals surface area contributed by atoms with Gasteiger partial charge in [0, 0.05) is 25.7 Å². The highest BCUT2D eigenvalue weighted by Crippen LogP contribution is 2.59. The van der Waals surface area contributed by atoms with Gasteiger partial charge in [-0.3, -0.25) is 4.79 Å². The van der Waals surface area contributed by atoms with Gasteiger partial charge in [-0.15, -0.1) is 0 Å². The summed E-state index contributed by atoms with van der Waals surface area (Å²) in [4.78, 5) is 11.4. The van der Waals surface area contributed by atoms with E-state index >= 15 is 0 Å². The Hall–Kier alpha value is -1.39. The number of aliphatic hydroxyl groups excluding tert-OH is 1. The van der Waals surface area contributed by atoms with Crippen LogP contribution in [0.5, 0.6) is 0 Å². The van der Waals surface area contributed by atoms with E-state index in [4.69, 9.17) is 4.74 Å². The molecule has 3 aliphatic rings. The van der Waals surface area contributed by atoms with Gasteiger partial charge in [0.2, 0.25) is 0 Å². The Morgan fingerprint density at radius 2 is 1.91 bits per heavy atom. The molecule has 0 spiro atoms. The van der Waals surface area contributed by atoms with Crippen molar-refractivity contribution in [1.82, 2.24) is 0 Å². The third-order valence-electron chi connectivity index (χ3n) is 8.88. The fourth-order valence-corrected chi connectivity index (χ4v) is 6.69. The molecule has 3 aliphatic carbocycles. The van der Waals surface area contributed by atoms with Crippen LogP contribution in [-0.2, 0) is 9.53 Å². The molecule has 33 heavy (non-hydrogen) atoms. The third kappa shape index (κ3) is 6.39. The molecule has 0 aromatic rings. The largest absolute Gasteiger partial charge is 0.462 e. The lowest BCUT2D eigenvalue weighted by atomic mass is 9.61. The maximum atomic E-state index is 11.4. The molecular formula is C29H46O4. The highest BCUT2D eigenvalue weighted by atomic mass is 16.5. The molecule has 7 atom stereocenters. The van der Waals surface area contributed by atoms with Crippen LogP contribution in [0.3, 0.4) is 0 Å². The first-order valence-electron chi connectivity index (χ1n) is 13.0. The first-order valence-corrected chi connectivity index (χ1v) is 13.0. The number of ether oxygens (including phenoxy) is 1. The molecule has 3 rings (SSSR count). The fraction of sp³-hybridized carbons (Fsp3) is 0.759. The van der Waals surface area contributed by atoms with Gasteiger partial charge in [0.1, 0.15) is 6.10 Å². The van der Waals surface area contributed by atoms with Crippen LogP contribution < -0.4 is 0 Å². The molecule has 186 valence electrons. The van der Waals surface area contributed by atoms with Crippen molar-refractivity contribution in [3.05, 3.63) is 35.5 Å². The van der Waals surface area contributed by atoms with Crippen molar-refractivity contribution < 1.29 is 19.7 Å². The number of esters is 1. The summed E-state index contributed by atoms with van der Waals surface area (Å²) in [6.45, 7) is 12.1. The van der Waals surface area contributed by atoms with Crippen LogP contribution in [0.25, 0.3) is 0 Å². The summed E-state index contributed by atoms with van der Waals surface area (Å²) in [6.07, 6.45) is 16.6. The average Bonchev–Trinajstić information content (AvgIpc) is 3.06. The molecule has 4 heteroatoms. The lowest BCUT2D eigenvalue weighted by Gasteiger charge is -2.44. The standard InChI is InChI=1S/C29H46O4/c1-19(9-10-20(2)28(4,5)32)26-13-14-27-23(8-7-15-29(26,27)6)12-11-22-16-24(31)18-25(17-22)33-21(3)30/h9-12,19-20,24-27,31-32H,7-8,13-18H2,1-6H3/t19-,20+,24-,25-,26?,27+,29-/m1/s1. The number of hydrogen-bond donors (Lipinski definition) is 2. The van der Waals surface area contributed by atoms with Gasteiger partial charge >= 0.3 is 5.97 Å². The Kier molecular flexibility index (Phi) is 8.32. The number of rotatable bonds is 6. The molecule has 0 radical (unpaired) electrons. The zero-order chi connectivity index (χ0) is 24.4. The summed E-state index contributed by atoms with van der Waals surface area (Å²) in [5.41, 5.74) is 2.37. The van der Waals surface area contributed by atoms with E-state index in [1.807, 2.05) is 13.8 Å². The molecule has 0 aromatic heterocycles. The van der Waals surface area contributed by atoms with Crippen LogP contribution in [0.15, 0.2) is 35.5 Å². The number of hydrogen-bond acceptors (Lipinski definition) is 4. The molecule has 0 aliphatic heterocycles. The SMILES string of the molecule is CC(=O)O[C@@H]1CC(=CC=C2CCC[C@]3(C)C([C@H](C)C=C[C@H](C)C(C)(C)O)CC[C@@H]23)C[C@@H](O)C1. The molecule has 3 fully saturated rings. The van der Waals surface area contributed by atoms with Crippen LogP contribution in [0.4, 0.5) is 0 Å². The summed E-state index contributed by atoms with van der Waals surface area (Å²) in [6, 6.07) is 0. The maximum absolute atomic E-state index is 11.4. The van der Waals surface area contributed by atoms with E-state index in [-0.39, 0.29) is 18.0 Å². The van der Waals surface area contributed by atoms with E-state index in [0.29, 0.717) is 36.0 Å². The Morgan fingerprint density at radius 1 is 1.18 bits per heavy atom. The minimum atomic E-state index is -0.687. The van der Waals surface area contributed by atoms with Gasteiger partial charge in [-0.25, -0.2) is 0 Å². The van der Waals surface area contributed by atoms with Crippen molar-refractivity contribution in [3.8, 4) is 0 Å². The topological polar surface area (TPSA) is 66.8 Å². The van der Waals surface area contributed by atoms with E-state index in [9.17, 15) is 15.0 Å². The zero-order valence-electron chi connectivity index (χ0n) is 21.6. The molecule has 0 aromatic carbocycles. The quantitative estimate of drug-likeness (QED) is 0.371. The van der Waals surface area contributed by atoms with Gasteiger partial charge in [-0.2, -0.15) is 0 Å². The number of carbonyl (C=O) groups excluding carboxylic acids is 1. The van der Waals surface area contributed by atoms with Crippen molar-refractivity contribution in [2.24, 2.45) is 29.1 Å². The van der Waals surface area contributed by atoms with Gasteiger partial charge in [-0.1, -0.05) is 56.2 Å². The Morgan fingerprint density at radius 3 is 2.58 bits per heavy atom. The molecule has 0 amide bonds. The van der Waals surface area contributed by atoms with Crippen molar-refractivity contribution >= 4 is 5.97 Å². The number of carbonyl (C=O) groups is 1. The first-order chi connectivity index (χ1) is 15.4. The lowest BCUT2D eigenvalue weighted by Crippen LogP contribution is -2.35. The molecule has 0 saturated heterocycles. The second kappa shape index (κ2) is 10.5. The monoisotopic (exact) mass is 458 g/mol. The normalized spacial score (nSPS) is 37.3. The number of allylic oxidation sites excluding steroid dienone is 4. The van der Waals surface area contributed by atoms with E-state index in [1.54, 1.807) is 5.57 Å². The Bertz CT molecular complexity index is 786. The molecule has 4 nitrogen and oxygen atoms in total. The smallest absolute Gasteiger partial charge is 0.302 e. The molecule has 0 bridgehead atoms. The minimum Gasteiger partial charge on any atom is -0.462 e. The second-order valence-electron chi connectivity index (χ2n) is 11.9. The predicted molar refractivity (Wildman–Crippen MR) is 134 cm³/mol. The summed E-state index contributed by atoms with van der Waals surface area (Å²) in [7, 11) is 0. The molecule has 3 saturated carbocycles. The fourth-order valence-electron chi connectivity index (χ4n) is 6.69. The summed E-state index contributed by atoms with van der Waals surface area (Å²) in [5, 5.41) is 20.5. The molecule has 2 N–H and O–H groups in total. The van der Waals surface area contributed by atoms with Gasteiger partial charge in [0.15, 0.2) is 0 Å². The van der Waals surface area contributed by atoms with Crippen LogP contribution in [0.2, 0.25) is 0 Å². The molecule has 1 unspecified atom stereocenters. The Labute approximate surface area is 201 Å². The van der Waals surface area contributed by atoms with E-state index in [2.05, 4.69) is 45.1 Å². The van der Waals surface area contributed by atoms with Crippen LogP contribution >= 0.6 is 0 Å². The van der Waals surface area contributed by atoms with E-state index in [1.165, 1.54) is 38.2 Å². The minimum absolute atomic E-state index is 0.139. The van der Waals surface area contributed by atoms with Crippen molar-refractivity contribution in [2.45, 2.75) is 111 Å². The van der Waals surface area contributed by atoms with Gasteiger partial charge < -0.3 is 14.9 Å². The van der Waals surface area contributed by atoms with Crippen molar-refractivity contribution in [2.75, 3.05) is 0 Å². The van der Waals surface area contributed by atoms with Gasteiger partial charge in [0.25, 0.3) is 0 Å². The zero-order valence-corrected chi connectivity index (χ0v) is 21.6. The Balaban J connectivity index is 1.72. The van der Waals surface area contributed by atoms with Crippen molar-refractivity contribution in [3.63, 3.8) is 0 Å². The third-order valence-corrected chi connectivity index (χ3v) is 8.88. The lowest BCUT2D eigenvalue weighted by molar-refractivity contribution is -0.148. The maximum Gasteiger partial charge on any atom is 0.302 e. The van der Waals surface area contributed by atoms with Crippen molar-refractivity contribution in [1.29, 1.82) is 0 Å². The number of fused-ring (bicyclic) bond motifs is 1. The van der Waals surface area contributed by atoms with Crippen LogP contribution in [0.1, 0.15) is 92.9 Å². The summed E-state index contributed by atoms with van der Waals surface area (Å²) in [5.74, 6) is 1.65. The van der Waals surface area contributed by atoms with E-state index in [0.717, 1.165) is 12.8 Å². The van der Waals surface area contributed by atoms with Crippen LogP contribution in [0, 0.1) is 29.1 Å². The second-order valence-corrected chi connectivity index (χ2v) is 11.9. The van der Waals surface area contributed by atoms with E-state index < -0.39 is 11.7 Å².